The minimum atomic E-state index is -0.920. The number of imidazole rings is 1. The van der Waals surface area contributed by atoms with Crippen LogP contribution in [0.4, 0.5) is 5.95 Å². The Hall–Kier alpha value is -3.31. The number of hydrogen-bond donors (Lipinski definition) is 3. The van der Waals surface area contributed by atoms with Gasteiger partial charge in [0.05, 0.1) is 40.8 Å². The molecule has 0 saturated heterocycles. The van der Waals surface area contributed by atoms with Crippen LogP contribution in [0.1, 0.15) is 0 Å². The topological polar surface area (TPSA) is 117 Å². The Bertz CT molecular complexity index is 1180. The molecule has 0 aliphatic heterocycles. The summed E-state index contributed by atoms with van der Waals surface area (Å²) >= 11 is 0. The number of aliphatic hydroxyl groups is 1. The van der Waals surface area contributed by atoms with Crippen molar-refractivity contribution in [2.75, 3.05) is 46.2 Å². The van der Waals surface area contributed by atoms with Crippen LogP contribution < -0.4 is 30.9 Å². The molecule has 3 rings (SSSR count). The molecule has 1 aromatic carbocycles. The molecule has 0 saturated carbocycles. The van der Waals surface area contributed by atoms with Crippen LogP contribution in [-0.2, 0) is 20.6 Å². The van der Waals surface area contributed by atoms with E-state index in [-0.39, 0.29) is 24.3 Å². The molecular formula is C21H31N6O5+. The van der Waals surface area contributed by atoms with E-state index in [1.165, 1.54) is 16.5 Å². The van der Waals surface area contributed by atoms with Crippen LogP contribution in [0.2, 0.25) is 0 Å². The number of methoxy groups -OCH3 is 1. The van der Waals surface area contributed by atoms with Gasteiger partial charge in [0.2, 0.25) is 5.95 Å². The zero-order valence-corrected chi connectivity index (χ0v) is 19.1. The van der Waals surface area contributed by atoms with Gasteiger partial charge in [0.15, 0.2) is 11.2 Å². The van der Waals surface area contributed by atoms with Crippen molar-refractivity contribution in [1.29, 1.82) is 0 Å². The van der Waals surface area contributed by atoms with Crippen molar-refractivity contribution in [2.24, 2.45) is 14.1 Å². The second-order valence-corrected chi connectivity index (χ2v) is 7.95. The maximum Gasteiger partial charge on any atom is 0.332 e. The Balaban J connectivity index is 1.88. The molecule has 0 radical (unpaired) electrons. The molecule has 0 spiro atoms. The lowest BCUT2D eigenvalue weighted by atomic mass is 10.3. The quantitative estimate of drug-likeness (QED) is 0.344. The van der Waals surface area contributed by atoms with Gasteiger partial charge in [-0.25, -0.2) is 4.79 Å². The maximum absolute atomic E-state index is 12.9. The Morgan fingerprint density at radius 1 is 1.12 bits per heavy atom. The average Bonchev–Trinajstić information content (AvgIpc) is 3.13. The van der Waals surface area contributed by atoms with E-state index in [0.717, 1.165) is 11.1 Å². The lowest BCUT2D eigenvalue weighted by molar-refractivity contribution is -0.856. The SMILES string of the molecule is COc1ccc(OC[C@@H](O)Cn2c(NCC[NH+](C)C)nc3c2c(=O)n(C)c(=O)n3C)cc1. The number of hydrogen-bond acceptors (Lipinski definition) is 7. The van der Waals surface area contributed by atoms with Crippen molar-refractivity contribution in [3.8, 4) is 11.5 Å². The highest BCUT2D eigenvalue weighted by molar-refractivity contribution is 5.74. The Morgan fingerprint density at radius 3 is 2.41 bits per heavy atom. The summed E-state index contributed by atoms with van der Waals surface area (Å²) in [6.45, 7) is 1.51. The molecule has 3 N–H and O–H groups in total. The van der Waals surface area contributed by atoms with Crippen molar-refractivity contribution in [2.45, 2.75) is 12.6 Å². The fraction of sp³-hybridized carbons (Fsp3) is 0.476. The molecule has 174 valence electrons. The third kappa shape index (κ3) is 4.94. The summed E-state index contributed by atoms with van der Waals surface area (Å²) in [5.74, 6) is 1.72. The van der Waals surface area contributed by atoms with Crippen molar-refractivity contribution >= 4 is 17.1 Å². The minimum absolute atomic E-state index is 0.0133. The molecule has 0 amide bonds. The predicted molar refractivity (Wildman–Crippen MR) is 121 cm³/mol. The first-order valence-electron chi connectivity index (χ1n) is 10.4. The van der Waals surface area contributed by atoms with Gasteiger partial charge in [-0.1, -0.05) is 0 Å². The van der Waals surface area contributed by atoms with Gasteiger partial charge < -0.3 is 29.4 Å². The monoisotopic (exact) mass is 447 g/mol. The summed E-state index contributed by atoms with van der Waals surface area (Å²) in [5.41, 5.74) is -0.413. The fourth-order valence-electron chi connectivity index (χ4n) is 3.31. The number of rotatable bonds is 10. The van der Waals surface area contributed by atoms with Crippen molar-refractivity contribution in [1.82, 2.24) is 18.7 Å². The second kappa shape index (κ2) is 9.88. The van der Waals surface area contributed by atoms with Crippen LogP contribution in [0.15, 0.2) is 33.9 Å². The van der Waals surface area contributed by atoms with Crippen molar-refractivity contribution < 1.29 is 19.5 Å². The van der Waals surface area contributed by atoms with Crippen LogP contribution in [0, 0.1) is 0 Å². The van der Waals surface area contributed by atoms with E-state index in [2.05, 4.69) is 10.3 Å². The molecule has 11 nitrogen and oxygen atoms in total. The van der Waals surface area contributed by atoms with Gasteiger partial charge in [-0.05, 0) is 24.3 Å². The highest BCUT2D eigenvalue weighted by Gasteiger charge is 2.21. The van der Waals surface area contributed by atoms with Gasteiger partial charge in [0.25, 0.3) is 5.56 Å². The highest BCUT2D eigenvalue weighted by Crippen LogP contribution is 2.19. The molecule has 0 bridgehead atoms. The van der Waals surface area contributed by atoms with Crippen molar-refractivity contribution in [3.63, 3.8) is 0 Å². The Morgan fingerprint density at radius 2 is 1.78 bits per heavy atom. The molecule has 2 aromatic heterocycles. The van der Waals surface area contributed by atoms with E-state index in [0.29, 0.717) is 24.0 Å². The van der Waals surface area contributed by atoms with Crippen LogP contribution in [0.3, 0.4) is 0 Å². The first-order valence-corrected chi connectivity index (χ1v) is 10.4. The molecule has 2 heterocycles. The van der Waals surface area contributed by atoms with Gasteiger partial charge in [-0.3, -0.25) is 13.9 Å². The van der Waals surface area contributed by atoms with Crippen LogP contribution in [0.25, 0.3) is 11.2 Å². The normalized spacial score (nSPS) is 12.3. The number of aryl methyl sites for hydroxylation is 1. The van der Waals surface area contributed by atoms with E-state index >= 15 is 0 Å². The molecule has 0 unspecified atom stereocenters. The summed E-state index contributed by atoms with van der Waals surface area (Å²) in [5, 5.41) is 13.9. The smallest absolute Gasteiger partial charge is 0.332 e. The Labute approximate surface area is 185 Å². The number of benzene rings is 1. The predicted octanol–water partition coefficient (Wildman–Crippen LogP) is -1.56. The van der Waals surface area contributed by atoms with E-state index in [9.17, 15) is 14.7 Å². The third-order valence-corrected chi connectivity index (χ3v) is 5.15. The van der Waals surface area contributed by atoms with E-state index < -0.39 is 17.4 Å². The summed E-state index contributed by atoms with van der Waals surface area (Å²) in [4.78, 5) is 30.9. The molecular weight excluding hydrogens is 416 g/mol. The number of fused-ring (bicyclic) bond motifs is 1. The van der Waals surface area contributed by atoms with E-state index in [1.54, 1.807) is 43.0 Å². The highest BCUT2D eigenvalue weighted by atomic mass is 16.5. The number of nitrogens with one attached hydrogen (secondary N) is 2. The summed E-state index contributed by atoms with van der Waals surface area (Å²) in [7, 11) is 8.64. The van der Waals surface area contributed by atoms with Crippen LogP contribution in [-0.4, -0.2) is 70.8 Å². The maximum atomic E-state index is 12.9. The second-order valence-electron chi connectivity index (χ2n) is 7.95. The lowest BCUT2D eigenvalue weighted by Gasteiger charge is -2.16. The molecule has 0 fully saturated rings. The number of aliphatic hydroxyl groups excluding tert-OH is 1. The Kier molecular flexibility index (Phi) is 7.21. The molecule has 0 aliphatic carbocycles. The number of anilines is 1. The first-order chi connectivity index (χ1) is 15.2. The number of quaternary nitrogens is 1. The number of aromatic nitrogens is 4. The minimum Gasteiger partial charge on any atom is -0.497 e. The molecule has 11 heteroatoms. The summed E-state index contributed by atoms with van der Waals surface area (Å²) in [6, 6.07) is 7.04. The van der Waals surface area contributed by atoms with Crippen LogP contribution >= 0.6 is 0 Å². The average molecular weight is 448 g/mol. The van der Waals surface area contributed by atoms with Gasteiger partial charge in [0.1, 0.15) is 24.2 Å². The van der Waals surface area contributed by atoms with Gasteiger partial charge in [-0.15, -0.1) is 0 Å². The largest absolute Gasteiger partial charge is 0.497 e. The number of likely N-dealkylation sites (N-methyl/N-ethyl adjacent to an activating group) is 1. The van der Waals surface area contributed by atoms with Crippen molar-refractivity contribution in [3.05, 3.63) is 45.1 Å². The van der Waals surface area contributed by atoms with Gasteiger partial charge >= 0.3 is 5.69 Å². The number of ether oxygens (including phenoxy) is 2. The number of nitrogens with zero attached hydrogens (tertiary/aromatic N) is 4. The van der Waals surface area contributed by atoms with Crippen LogP contribution in [0.5, 0.6) is 11.5 Å². The third-order valence-electron chi connectivity index (χ3n) is 5.15. The molecule has 32 heavy (non-hydrogen) atoms. The zero-order chi connectivity index (χ0) is 23.4. The van der Waals surface area contributed by atoms with E-state index in [1.807, 2.05) is 14.1 Å². The van der Waals surface area contributed by atoms with Gasteiger partial charge in [0, 0.05) is 14.1 Å². The first kappa shape index (κ1) is 23.4. The summed E-state index contributed by atoms with van der Waals surface area (Å²) < 4.78 is 14.8. The fourth-order valence-corrected chi connectivity index (χ4v) is 3.31. The van der Waals surface area contributed by atoms with Gasteiger partial charge in [-0.2, -0.15) is 4.98 Å². The standard InChI is InChI=1S/C21H30N6O5/c1-24(2)11-10-22-20-23-18-17(19(29)26(4)21(30)25(18)3)27(20)12-14(28)13-32-16-8-6-15(31-5)7-9-16/h6-9,14,28H,10-13H2,1-5H3,(H,22,23)/p+1/t14-/m0/s1. The van der Waals surface area contributed by atoms with E-state index in [4.69, 9.17) is 9.47 Å². The lowest BCUT2D eigenvalue weighted by Crippen LogP contribution is -3.06. The molecule has 1 atom stereocenters. The molecule has 0 aliphatic rings. The summed E-state index contributed by atoms with van der Waals surface area (Å²) in [6.07, 6.45) is -0.920. The molecule has 3 aromatic rings. The zero-order valence-electron chi connectivity index (χ0n) is 19.1.